The zero-order chi connectivity index (χ0) is 10.3. The number of esters is 1. The third-order valence-corrected chi connectivity index (χ3v) is 1.42. The highest BCUT2D eigenvalue weighted by atomic mass is 16.6. The van der Waals surface area contributed by atoms with Crippen molar-refractivity contribution in [3.63, 3.8) is 0 Å². The molecule has 0 aromatic carbocycles. The largest absolute Gasteiger partial charge is 0.452 e. The van der Waals surface area contributed by atoms with Gasteiger partial charge >= 0.3 is 5.97 Å². The maximum absolute atomic E-state index is 10.9. The van der Waals surface area contributed by atoms with Crippen LogP contribution >= 0.6 is 0 Å². The third-order valence-electron chi connectivity index (χ3n) is 1.42. The summed E-state index contributed by atoms with van der Waals surface area (Å²) >= 11 is 0. The van der Waals surface area contributed by atoms with E-state index in [1.807, 2.05) is 0 Å². The third kappa shape index (κ3) is 4.59. The molecule has 76 valence electrons. The second-order valence-electron chi connectivity index (χ2n) is 2.59. The Morgan fingerprint density at radius 1 is 1.62 bits per heavy atom. The molecule has 0 radical (unpaired) electrons. The molecule has 2 atom stereocenters. The Balaban J connectivity index is 3.97. The first-order valence-electron chi connectivity index (χ1n) is 4.09. The minimum Gasteiger partial charge on any atom is -0.452 e. The molecule has 5 nitrogen and oxygen atoms in total. The zero-order valence-corrected chi connectivity index (χ0v) is 7.47. The van der Waals surface area contributed by atoms with Crippen LogP contribution in [0.25, 0.3) is 0 Å². The van der Waals surface area contributed by atoms with Crippen LogP contribution < -0.4 is 0 Å². The van der Waals surface area contributed by atoms with Crippen molar-refractivity contribution in [2.75, 3.05) is 6.61 Å². The summed E-state index contributed by atoms with van der Waals surface area (Å²) in [4.78, 5) is 21.2. The van der Waals surface area contributed by atoms with Crippen LogP contribution in [0.15, 0.2) is 0 Å². The van der Waals surface area contributed by atoms with Crippen LogP contribution in [-0.2, 0) is 14.3 Å². The van der Waals surface area contributed by atoms with E-state index < -0.39 is 24.8 Å². The molecule has 0 amide bonds. The molecule has 0 rings (SSSR count). The molecule has 0 heterocycles. The van der Waals surface area contributed by atoms with Crippen LogP contribution in [-0.4, -0.2) is 41.3 Å². The van der Waals surface area contributed by atoms with E-state index in [9.17, 15) is 9.59 Å². The highest BCUT2D eigenvalue weighted by molar-refractivity contribution is 5.72. The summed E-state index contributed by atoms with van der Waals surface area (Å²) in [5.41, 5.74) is 0. The molecular weight excluding hydrogens is 176 g/mol. The van der Waals surface area contributed by atoms with E-state index in [2.05, 4.69) is 4.74 Å². The Labute approximate surface area is 76.3 Å². The van der Waals surface area contributed by atoms with Gasteiger partial charge < -0.3 is 14.9 Å². The van der Waals surface area contributed by atoms with Crippen LogP contribution in [0.5, 0.6) is 0 Å². The maximum atomic E-state index is 10.9. The standard InChI is InChI=1S/C8H14O5/c1-2-3-8(12)13-7(5-10)6(11)4-9/h5-7,9,11H,2-4H2,1H3. The van der Waals surface area contributed by atoms with Crippen molar-refractivity contribution in [2.45, 2.75) is 32.0 Å². The molecule has 0 spiro atoms. The van der Waals surface area contributed by atoms with Gasteiger partial charge in [0.1, 0.15) is 6.10 Å². The van der Waals surface area contributed by atoms with Gasteiger partial charge in [-0.1, -0.05) is 6.92 Å². The maximum Gasteiger partial charge on any atom is 0.306 e. The summed E-state index contributed by atoms with van der Waals surface area (Å²) in [5.74, 6) is -0.549. The number of aliphatic hydroxyl groups excluding tert-OH is 2. The lowest BCUT2D eigenvalue weighted by atomic mass is 10.2. The van der Waals surface area contributed by atoms with E-state index in [1.54, 1.807) is 6.92 Å². The molecule has 0 saturated carbocycles. The van der Waals surface area contributed by atoms with Gasteiger partial charge in [-0.15, -0.1) is 0 Å². The fourth-order valence-corrected chi connectivity index (χ4v) is 0.716. The lowest BCUT2D eigenvalue weighted by molar-refractivity contribution is -0.159. The lowest BCUT2D eigenvalue weighted by Crippen LogP contribution is -2.35. The van der Waals surface area contributed by atoms with Crippen molar-refractivity contribution < 1.29 is 24.5 Å². The molecule has 0 aliphatic carbocycles. The molecule has 0 bridgehead atoms. The molecule has 13 heavy (non-hydrogen) atoms. The molecule has 0 aromatic rings. The highest BCUT2D eigenvalue weighted by Crippen LogP contribution is 2.00. The number of rotatable bonds is 6. The van der Waals surface area contributed by atoms with Crippen LogP contribution in [0, 0.1) is 0 Å². The van der Waals surface area contributed by atoms with E-state index in [4.69, 9.17) is 10.2 Å². The van der Waals surface area contributed by atoms with E-state index in [0.717, 1.165) is 0 Å². The quantitative estimate of drug-likeness (QED) is 0.425. The lowest BCUT2D eigenvalue weighted by Gasteiger charge is -2.15. The second kappa shape index (κ2) is 6.56. The molecule has 0 aliphatic heterocycles. The average molecular weight is 190 g/mol. The zero-order valence-electron chi connectivity index (χ0n) is 7.47. The first kappa shape index (κ1) is 12.1. The first-order chi connectivity index (χ1) is 6.15. The van der Waals surface area contributed by atoms with Gasteiger partial charge in [0.25, 0.3) is 0 Å². The SMILES string of the molecule is CCCC(=O)OC(C=O)C(O)CO. The van der Waals surface area contributed by atoms with E-state index in [-0.39, 0.29) is 6.42 Å². The molecule has 0 aliphatic rings. The number of aldehydes is 1. The fraction of sp³-hybridized carbons (Fsp3) is 0.750. The summed E-state index contributed by atoms with van der Waals surface area (Å²) in [6, 6.07) is 0. The molecule has 0 saturated heterocycles. The number of ether oxygens (including phenoxy) is 1. The van der Waals surface area contributed by atoms with Gasteiger partial charge in [-0.2, -0.15) is 0 Å². The van der Waals surface area contributed by atoms with E-state index >= 15 is 0 Å². The van der Waals surface area contributed by atoms with Crippen LogP contribution in [0.2, 0.25) is 0 Å². The normalized spacial score (nSPS) is 14.7. The number of aliphatic hydroxyl groups is 2. The molecular formula is C8H14O5. The Kier molecular flexibility index (Phi) is 6.09. The summed E-state index contributed by atoms with van der Waals surface area (Å²) in [5, 5.41) is 17.5. The highest BCUT2D eigenvalue weighted by Gasteiger charge is 2.21. The van der Waals surface area contributed by atoms with Crippen LogP contribution in [0.4, 0.5) is 0 Å². The predicted octanol–water partition coefficient (Wildman–Crippen LogP) is -0.750. The molecule has 2 N–H and O–H groups in total. The van der Waals surface area contributed by atoms with E-state index in [0.29, 0.717) is 12.7 Å². The van der Waals surface area contributed by atoms with Crippen molar-refractivity contribution in [3.05, 3.63) is 0 Å². The number of carbonyl (C=O) groups is 2. The van der Waals surface area contributed by atoms with Gasteiger partial charge in [0, 0.05) is 6.42 Å². The van der Waals surface area contributed by atoms with Crippen molar-refractivity contribution in [1.82, 2.24) is 0 Å². The monoisotopic (exact) mass is 190 g/mol. The van der Waals surface area contributed by atoms with Gasteiger partial charge in [0.15, 0.2) is 12.4 Å². The summed E-state index contributed by atoms with van der Waals surface area (Å²) in [6.07, 6.45) is -1.49. The second-order valence-corrected chi connectivity index (χ2v) is 2.59. The summed E-state index contributed by atoms with van der Waals surface area (Å²) in [7, 11) is 0. The van der Waals surface area contributed by atoms with Crippen LogP contribution in [0.3, 0.4) is 0 Å². The topological polar surface area (TPSA) is 83.8 Å². The van der Waals surface area contributed by atoms with Gasteiger partial charge in [-0.3, -0.25) is 9.59 Å². The molecule has 2 unspecified atom stereocenters. The first-order valence-corrected chi connectivity index (χ1v) is 4.09. The van der Waals surface area contributed by atoms with Gasteiger partial charge in [0.2, 0.25) is 0 Å². The predicted molar refractivity (Wildman–Crippen MR) is 43.9 cm³/mol. The minimum absolute atomic E-state index is 0.197. The van der Waals surface area contributed by atoms with Gasteiger partial charge in [-0.25, -0.2) is 0 Å². The summed E-state index contributed by atoms with van der Waals surface area (Å²) in [6.45, 7) is 1.18. The molecule has 5 heteroatoms. The smallest absolute Gasteiger partial charge is 0.306 e. The Hall–Kier alpha value is -0.940. The summed E-state index contributed by atoms with van der Waals surface area (Å²) < 4.78 is 4.58. The van der Waals surface area contributed by atoms with Crippen molar-refractivity contribution in [1.29, 1.82) is 0 Å². The van der Waals surface area contributed by atoms with Crippen molar-refractivity contribution in [3.8, 4) is 0 Å². The van der Waals surface area contributed by atoms with Gasteiger partial charge in [0.05, 0.1) is 6.61 Å². The van der Waals surface area contributed by atoms with Gasteiger partial charge in [-0.05, 0) is 6.42 Å². The molecule has 0 fully saturated rings. The number of hydrogen-bond acceptors (Lipinski definition) is 5. The Bertz CT molecular complexity index is 168. The van der Waals surface area contributed by atoms with Crippen molar-refractivity contribution >= 4 is 12.3 Å². The number of carbonyl (C=O) groups excluding carboxylic acids is 2. The minimum atomic E-state index is -1.33. The number of hydrogen-bond donors (Lipinski definition) is 2. The molecule has 0 aromatic heterocycles. The van der Waals surface area contributed by atoms with Crippen molar-refractivity contribution in [2.24, 2.45) is 0 Å². The Morgan fingerprint density at radius 3 is 2.62 bits per heavy atom. The fourth-order valence-electron chi connectivity index (χ4n) is 0.716. The average Bonchev–Trinajstić information content (AvgIpc) is 2.13. The van der Waals surface area contributed by atoms with E-state index in [1.165, 1.54) is 0 Å². The van der Waals surface area contributed by atoms with Crippen LogP contribution in [0.1, 0.15) is 19.8 Å². The Morgan fingerprint density at radius 2 is 2.23 bits per heavy atom.